The fraction of sp³-hybridized carbons (Fsp3) is 0.636. The first-order valence-corrected chi connectivity index (χ1v) is 10.4. The van der Waals surface area contributed by atoms with Gasteiger partial charge in [-0.05, 0) is 92.7 Å². The van der Waals surface area contributed by atoms with Crippen LogP contribution in [-0.2, 0) is 6.42 Å². The van der Waals surface area contributed by atoms with Crippen molar-refractivity contribution < 1.29 is 13.2 Å². The van der Waals surface area contributed by atoms with Gasteiger partial charge < -0.3 is 0 Å². The summed E-state index contributed by atoms with van der Waals surface area (Å²) in [5, 5.41) is 0. The van der Waals surface area contributed by atoms with E-state index in [2.05, 4.69) is 6.08 Å². The zero-order valence-electron chi connectivity index (χ0n) is 15.2. The molecule has 0 spiro atoms. The molecule has 0 bridgehead atoms. The van der Waals surface area contributed by atoms with Gasteiger partial charge in [0.05, 0.1) is 0 Å². The average molecular weight is 385 g/mol. The fourth-order valence-corrected chi connectivity index (χ4v) is 5.19. The van der Waals surface area contributed by atoms with Crippen LogP contribution in [0.3, 0.4) is 0 Å². The van der Waals surface area contributed by atoms with Gasteiger partial charge in [0.2, 0.25) is 0 Å². The largest absolute Gasteiger partial charge is 0.204 e. The molecule has 2 aliphatic rings. The molecular formula is C22H28ClF3. The molecule has 0 amide bonds. The lowest BCUT2D eigenvalue weighted by molar-refractivity contribution is 0.153. The molecule has 26 heavy (non-hydrogen) atoms. The van der Waals surface area contributed by atoms with Gasteiger partial charge >= 0.3 is 0 Å². The van der Waals surface area contributed by atoms with E-state index in [1.165, 1.54) is 51.4 Å². The van der Waals surface area contributed by atoms with Crippen molar-refractivity contribution in [1.82, 2.24) is 0 Å². The number of hydrogen-bond donors (Lipinski definition) is 0. The molecule has 0 radical (unpaired) electrons. The minimum Gasteiger partial charge on any atom is -0.204 e. The average Bonchev–Trinajstić information content (AvgIpc) is 2.66. The molecule has 2 aliphatic carbocycles. The van der Waals surface area contributed by atoms with Gasteiger partial charge in [0.15, 0.2) is 17.5 Å². The van der Waals surface area contributed by atoms with Gasteiger partial charge in [0.1, 0.15) is 0 Å². The van der Waals surface area contributed by atoms with Crippen LogP contribution >= 0.6 is 11.6 Å². The van der Waals surface area contributed by atoms with E-state index in [1.54, 1.807) is 5.54 Å². The summed E-state index contributed by atoms with van der Waals surface area (Å²) >= 11 is 5.69. The summed E-state index contributed by atoms with van der Waals surface area (Å²) in [4.78, 5) is 0. The van der Waals surface area contributed by atoms with Gasteiger partial charge in [0, 0.05) is 5.54 Å². The van der Waals surface area contributed by atoms with Gasteiger partial charge in [-0.2, -0.15) is 0 Å². The molecule has 2 saturated carbocycles. The Kier molecular flexibility index (Phi) is 7.08. The van der Waals surface area contributed by atoms with E-state index in [9.17, 15) is 13.2 Å². The van der Waals surface area contributed by atoms with Crippen molar-refractivity contribution in [3.8, 4) is 0 Å². The van der Waals surface area contributed by atoms with Crippen LogP contribution in [-0.4, -0.2) is 0 Å². The van der Waals surface area contributed by atoms with Crippen LogP contribution in [0.2, 0.25) is 0 Å². The molecule has 0 nitrogen and oxygen atoms in total. The molecule has 0 aliphatic heterocycles. The van der Waals surface area contributed by atoms with Gasteiger partial charge in [-0.25, -0.2) is 13.2 Å². The van der Waals surface area contributed by atoms with E-state index in [0.717, 1.165) is 30.4 Å². The summed E-state index contributed by atoms with van der Waals surface area (Å²) in [7, 11) is 0. The topological polar surface area (TPSA) is 0 Å². The molecule has 0 aromatic heterocycles. The Hall–Kier alpha value is -0.960. The summed E-state index contributed by atoms with van der Waals surface area (Å²) in [5.41, 5.74) is 2.23. The van der Waals surface area contributed by atoms with Crippen LogP contribution in [0.25, 0.3) is 0 Å². The first-order chi connectivity index (χ1) is 12.6. The SMILES string of the molecule is Fc1cc(CCC2CCC(C3CCC(/C=C/Cl)CC3)CC2)cc(F)c1F. The highest BCUT2D eigenvalue weighted by atomic mass is 35.5. The van der Waals surface area contributed by atoms with Gasteiger partial charge in [0.25, 0.3) is 0 Å². The smallest absolute Gasteiger partial charge is 0.194 e. The number of aryl methyl sites for hydroxylation is 1. The predicted octanol–water partition coefficient (Wildman–Crippen LogP) is 7.40. The fourth-order valence-electron chi connectivity index (χ4n) is 4.98. The van der Waals surface area contributed by atoms with Crippen LogP contribution in [0.5, 0.6) is 0 Å². The third kappa shape index (κ3) is 5.06. The standard InChI is InChI=1S/C22H28ClF3/c23-12-11-16-5-9-19(10-6-16)18-7-3-15(4-8-18)1-2-17-13-20(24)22(26)21(25)14-17/h11-16,18-19H,1-10H2/b12-11+. The minimum absolute atomic E-state index is 0.564. The Morgan fingerprint density at radius 2 is 1.38 bits per heavy atom. The highest BCUT2D eigenvalue weighted by Gasteiger charge is 2.30. The third-order valence-corrected chi connectivity index (χ3v) is 6.75. The lowest BCUT2D eigenvalue weighted by Crippen LogP contribution is -2.25. The molecule has 0 N–H and O–H groups in total. The second kappa shape index (κ2) is 9.30. The van der Waals surface area contributed by atoms with Crippen LogP contribution < -0.4 is 0 Å². The number of allylic oxidation sites excluding steroid dienone is 1. The quantitative estimate of drug-likeness (QED) is 0.464. The number of hydrogen-bond acceptors (Lipinski definition) is 0. The highest BCUT2D eigenvalue weighted by molar-refractivity contribution is 6.25. The number of rotatable bonds is 5. The second-order valence-electron chi connectivity index (χ2n) is 8.19. The molecule has 0 unspecified atom stereocenters. The number of halogens is 4. The lowest BCUT2D eigenvalue weighted by Gasteiger charge is -2.37. The van der Waals surface area contributed by atoms with Crippen LogP contribution in [0, 0.1) is 41.1 Å². The zero-order valence-corrected chi connectivity index (χ0v) is 16.0. The summed E-state index contributed by atoms with van der Waals surface area (Å²) in [6, 6.07) is 2.27. The maximum Gasteiger partial charge on any atom is 0.194 e. The molecule has 144 valence electrons. The van der Waals surface area contributed by atoms with E-state index in [0.29, 0.717) is 23.8 Å². The maximum absolute atomic E-state index is 13.3. The first-order valence-electron chi connectivity index (χ1n) is 9.97. The van der Waals surface area contributed by atoms with Crippen molar-refractivity contribution in [3.63, 3.8) is 0 Å². The first kappa shape index (κ1) is 19.8. The zero-order chi connectivity index (χ0) is 18.5. The normalized spacial score (nSPS) is 30.0. The minimum atomic E-state index is -1.37. The predicted molar refractivity (Wildman–Crippen MR) is 101 cm³/mol. The Labute approximate surface area is 159 Å². The molecule has 1 aromatic rings. The highest BCUT2D eigenvalue weighted by Crippen LogP contribution is 2.42. The van der Waals surface area contributed by atoms with Gasteiger partial charge in [-0.15, -0.1) is 0 Å². The van der Waals surface area contributed by atoms with Crippen LogP contribution in [0.4, 0.5) is 13.2 Å². The molecule has 0 saturated heterocycles. The maximum atomic E-state index is 13.3. The molecule has 3 rings (SSSR count). The second-order valence-corrected chi connectivity index (χ2v) is 8.44. The van der Waals surface area contributed by atoms with Crippen LogP contribution in [0.15, 0.2) is 23.7 Å². The van der Waals surface area contributed by atoms with E-state index in [4.69, 9.17) is 11.6 Å². The third-order valence-electron chi connectivity index (χ3n) is 6.60. The molecular weight excluding hydrogens is 357 g/mol. The van der Waals surface area contributed by atoms with Gasteiger partial charge in [-0.3, -0.25) is 0 Å². The van der Waals surface area contributed by atoms with E-state index in [-0.39, 0.29) is 0 Å². The Morgan fingerprint density at radius 1 is 0.846 bits per heavy atom. The summed E-state index contributed by atoms with van der Waals surface area (Å²) in [5.74, 6) is -0.546. The van der Waals surface area contributed by atoms with Crippen molar-refractivity contribution in [2.75, 3.05) is 0 Å². The van der Waals surface area contributed by atoms with E-state index >= 15 is 0 Å². The van der Waals surface area contributed by atoms with Crippen LogP contribution in [0.1, 0.15) is 63.4 Å². The Balaban J connectivity index is 1.42. The van der Waals surface area contributed by atoms with Crippen molar-refractivity contribution in [2.45, 2.75) is 64.2 Å². The lowest BCUT2D eigenvalue weighted by atomic mass is 9.68. The molecule has 4 heteroatoms. The van der Waals surface area contributed by atoms with Gasteiger partial charge in [-0.1, -0.05) is 30.5 Å². The summed E-state index contributed by atoms with van der Waals surface area (Å²) < 4.78 is 39.7. The molecule has 2 fully saturated rings. The van der Waals surface area contributed by atoms with Crippen molar-refractivity contribution >= 4 is 11.6 Å². The number of benzene rings is 1. The van der Waals surface area contributed by atoms with E-state index < -0.39 is 17.5 Å². The molecule has 1 aromatic carbocycles. The summed E-state index contributed by atoms with van der Waals surface area (Å²) in [6.07, 6.45) is 13.8. The monoisotopic (exact) mass is 384 g/mol. The van der Waals surface area contributed by atoms with Crippen molar-refractivity contribution in [1.29, 1.82) is 0 Å². The molecule has 0 atom stereocenters. The molecule has 0 heterocycles. The Morgan fingerprint density at radius 3 is 1.92 bits per heavy atom. The Bertz CT molecular complexity index is 589. The van der Waals surface area contributed by atoms with Crippen molar-refractivity contribution in [3.05, 3.63) is 46.8 Å². The summed E-state index contributed by atoms with van der Waals surface area (Å²) in [6.45, 7) is 0. The van der Waals surface area contributed by atoms with Crippen molar-refractivity contribution in [2.24, 2.45) is 23.7 Å². The van der Waals surface area contributed by atoms with E-state index in [1.807, 2.05) is 0 Å².